The molecule has 3 amide bonds. The van der Waals surface area contributed by atoms with E-state index in [2.05, 4.69) is 16.7 Å². The lowest BCUT2D eigenvalue weighted by molar-refractivity contribution is -0.139. The molecule has 2 unspecified atom stereocenters. The van der Waals surface area contributed by atoms with Crippen LogP contribution in [0.4, 0.5) is 4.79 Å². The topological polar surface area (TPSA) is 108 Å². The molecule has 3 N–H and O–H groups in total. The minimum atomic E-state index is -1.37. The summed E-state index contributed by atoms with van der Waals surface area (Å²) >= 11 is 0. The summed E-state index contributed by atoms with van der Waals surface area (Å²) in [6, 6.07) is 5.45. The maximum Gasteiger partial charge on any atom is 0.408 e. The van der Waals surface area contributed by atoms with Crippen molar-refractivity contribution < 1.29 is 24.2 Å². The molecule has 1 aromatic rings. The van der Waals surface area contributed by atoms with Gasteiger partial charge >= 0.3 is 6.09 Å². The molecule has 1 aliphatic carbocycles. The number of terminal acetylenes is 1. The standard InChI is InChI=1S/C26H37N3O5/c1-7-29(24(32)21(16-30)28-25(33)34-26(4,5)6)22(20-15-17(2)13-14-18(20)3)23(31)27-19-11-9-8-10-12-19/h1,13-15,19,21-22,30H,8-12,16H2,2-6H3,(H,27,31)(H,28,33). The van der Waals surface area contributed by atoms with E-state index in [9.17, 15) is 19.5 Å². The first-order valence-electron chi connectivity index (χ1n) is 11.7. The number of aryl methyl sites for hydroxylation is 2. The summed E-state index contributed by atoms with van der Waals surface area (Å²) in [5.41, 5.74) is 1.50. The number of hydrogen-bond acceptors (Lipinski definition) is 5. The van der Waals surface area contributed by atoms with Crippen molar-refractivity contribution in [2.75, 3.05) is 6.61 Å². The Kier molecular flexibility index (Phi) is 9.51. The Labute approximate surface area is 202 Å². The van der Waals surface area contributed by atoms with Crippen molar-refractivity contribution in [1.82, 2.24) is 15.5 Å². The Morgan fingerprint density at radius 1 is 1.21 bits per heavy atom. The molecule has 0 aromatic heterocycles. The van der Waals surface area contributed by atoms with Gasteiger partial charge in [-0.2, -0.15) is 0 Å². The second kappa shape index (κ2) is 11.9. The Hall–Kier alpha value is -3.05. The zero-order valence-corrected chi connectivity index (χ0v) is 20.8. The van der Waals surface area contributed by atoms with Crippen LogP contribution in [0.3, 0.4) is 0 Å². The lowest BCUT2D eigenvalue weighted by atomic mass is 9.93. The third-order valence-electron chi connectivity index (χ3n) is 5.74. The lowest BCUT2D eigenvalue weighted by Gasteiger charge is -2.32. The van der Waals surface area contributed by atoms with Crippen LogP contribution in [0.25, 0.3) is 0 Å². The summed E-state index contributed by atoms with van der Waals surface area (Å²) in [7, 11) is 0. The van der Waals surface area contributed by atoms with Gasteiger partial charge < -0.3 is 20.5 Å². The van der Waals surface area contributed by atoms with Crippen molar-refractivity contribution in [3.63, 3.8) is 0 Å². The highest BCUT2D eigenvalue weighted by Crippen LogP contribution is 2.27. The molecule has 2 atom stereocenters. The normalized spacial score (nSPS) is 16.0. The van der Waals surface area contributed by atoms with Crippen LogP contribution < -0.4 is 10.6 Å². The Bertz CT molecular complexity index is 925. The number of amides is 3. The minimum absolute atomic E-state index is 0.0112. The van der Waals surface area contributed by atoms with Crippen LogP contribution in [0.15, 0.2) is 18.2 Å². The fraction of sp³-hybridized carbons (Fsp3) is 0.577. The maximum absolute atomic E-state index is 13.5. The van der Waals surface area contributed by atoms with Crippen LogP contribution in [0.2, 0.25) is 0 Å². The number of carbonyl (C=O) groups excluding carboxylic acids is 3. The molecule has 2 rings (SSSR count). The van der Waals surface area contributed by atoms with E-state index >= 15 is 0 Å². The largest absolute Gasteiger partial charge is 0.444 e. The molecule has 0 heterocycles. The molecule has 1 fully saturated rings. The summed E-state index contributed by atoms with van der Waals surface area (Å²) in [6.07, 6.45) is 9.81. The number of carbonyl (C=O) groups is 3. The van der Waals surface area contributed by atoms with Crippen LogP contribution in [-0.4, -0.2) is 52.2 Å². The maximum atomic E-state index is 13.5. The van der Waals surface area contributed by atoms with Gasteiger partial charge in [-0.25, -0.2) is 4.79 Å². The number of rotatable bonds is 7. The van der Waals surface area contributed by atoms with E-state index in [-0.39, 0.29) is 11.9 Å². The molecule has 186 valence electrons. The van der Waals surface area contributed by atoms with E-state index in [1.165, 1.54) is 0 Å². The van der Waals surface area contributed by atoms with Crippen molar-refractivity contribution in [3.8, 4) is 12.5 Å². The van der Waals surface area contributed by atoms with Crippen LogP contribution in [0, 0.1) is 26.3 Å². The summed E-state index contributed by atoms with van der Waals surface area (Å²) in [4.78, 5) is 40.1. The molecule has 8 heteroatoms. The van der Waals surface area contributed by atoms with Gasteiger partial charge in [-0.15, -0.1) is 0 Å². The number of aliphatic hydroxyl groups is 1. The molecule has 1 aliphatic rings. The molecule has 0 bridgehead atoms. The highest BCUT2D eigenvalue weighted by atomic mass is 16.6. The molecular formula is C26H37N3O5. The number of nitrogens with zero attached hydrogens (tertiary/aromatic N) is 1. The van der Waals surface area contributed by atoms with Gasteiger partial charge in [0.25, 0.3) is 5.91 Å². The number of alkyl carbamates (subject to hydrolysis) is 1. The van der Waals surface area contributed by atoms with Gasteiger partial charge in [0.1, 0.15) is 17.7 Å². The Morgan fingerprint density at radius 2 is 1.85 bits per heavy atom. The highest BCUT2D eigenvalue weighted by molar-refractivity contribution is 5.93. The van der Waals surface area contributed by atoms with Crippen LogP contribution in [-0.2, 0) is 14.3 Å². The molecule has 0 spiro atoms. The van der Waals surface area contributed by atoms with E-state index in [0.717, 1.165) is 48.1 Å². The summed E-state index contributed by atoms with van der Waals surface area (Å²) in [5, 5.41) is 15.3. The second-order valence-corrected chi connectivity index (χ2v) is 9.82. The summed E-state index contributed by atoms with van der Waals surface area (Å²) in [6.45, 7) is 8.08. The molecule has 1 saturated carbocycles. The molecule has 0 saturated heterocycles. The lowest BCUT2D eigenvalue weighted by Crippen LogP contribution is -2.53. The van der Waals surface area contributed by atoms with Crippen LogP contribution in [0.5, 0.6) is 0 Å². The van der Waals surface area contributed by atoms with Crippen molar-refractivity contribution in [3.05, 3.63) is 34.9 Å². The fourth-order valence-corrected chi connectivity index (χ4v) is 4.05. The number of ether oxygens (including phenoxy) is 1. The van der Waals surface area contributed by atoms with Gasteiger partial charge in [0.2, 0.25) is 5.91 Å². The predicted octanol–water partition coefficient (Wildman–Crippen LogP) is 3.10. The number of benzene rings is 1. The first-order valence-corrected chi connectivity index (χ1v) is 11.7. The number of aliphatic hydroxyl groups excluding tert-OH is 1. The van der Waals surface area contributed by atoms with Crippen molar-refractivity contribution >= 4 is 17.9 Å². The van der Waals surface area contributed by atoms with Crippen molar-refractivity contribution in [1.29, 1.82) is 0 Å². The number of nitrogens with one attached hydrogen (secondary N) is 2. The van der Waals surface area contributed by atoms with Crippen molar-refractivity contribution in [2.24, 2.45) is 0 Å². The third kappa shape index (κ3) is 7.49. The van der Waals surface area contributed by atoms with E-state index in [4.69, 9.17) is 11.2 Å². The molecular weight excluding hydrogens is 434 g/mol. The zero-order chi connectivity index (χ0) is 25.5. The van der Waals surface area contributed by atoms with Crippen LogP contribution >= 0.6 is 0 Å². The van der Waals surface area contributed by atoms with E-state index in [1.54, 1.807) is 20.8 Å². The number of hydrogen-bond donors (Lipinski definition) is 3. The first-order chi connectivity index (χ1) is 16.0. The molecule has 34 heavy (non-hydrogen) atoms. The summed E-state index contributed by atoms with van der Waals surface area (Å²) < 4.78 is 5.20. The Morgan fingerprint density at radius 3 is 2.41 bits per heavy atom. The first kappa shape index (κ1) is 27.2. The monoisotopic (exact) mass is 471 g/mol. The molecule has 1 aromatic carbocycles. The average molecular weight is 472 g/mol. The zero-order valence-electron chi connectivity index (χ0n) is 20.8. The van der Waals surface area contributed by atoms with E-state index in [1.807, 2.05) is 32.0 Å². The molecule has 0 aliphatic heterocycles. The Balaban J connectivity index is 2.38. The third-order valence-corrected chi connectivity index (χ3v) is 5.74. The summed E-state index contributed by atoms with van der Waals surface area (Å²) in [5.74, 6) is -1.17. The quantitative estimate of drug-likeness (QED) is 0.418. The van der Waals surface area contributed by atoms with Gasteiger partial charge in [-0.1, -0.05) is 49.4 Å². The van der Waals surface area contributed by atoms with Gasteiger partial charge in [-0.3, -0.25) is 14.5 Å². The predicted molar refractivity (Wildman–Crippen MR) is 130 cm³/mol. The van der Waals surface area contributed by atoms with Crippen molar-refractivity contribution in [2.45, 2.75) is 90.4 Å². The highest BCUT2D eigenvalue weighted by Gasteiger charge is 2.37. The van der Waals surface area contributed by atoms with E-state index in [0.29, 0.717) is 5.56 Å². The van der Waals surface area contributed by atoms with Gasteiger partial charge in [0.05, 0.1) is 6.61 Å². The smallest absolute Gasteiger partial charge is 0.408 e. The average Bonchev–Trinajstić information content (AvgIpc) is 2.76. The fourth-order valence-electron chi connectivity index (χ4n) is 4.05. The molecule has 0 radical (unpaired) electrons. The minimum Gasteiger partial charge on any atom is -0.444 e. The van der Waals surface area contributed by atoms with Crippen LogP contribution in [0.1, 0.15) is 75.6 Å². The SMILES string of the molecule is C#CN(C(=O)C(CO)NC(=O)OC(C)(C)C)C(C(=O)NC1CCCCC1)c1cc(C)ccc1C. The van der Waals surface area contributed by atoms with Gasteiger partial charge in [0.15, 0.2) is 0 Å². The second-order valence-electron chi connectivity index (χ2n) is 9.82. The van der Waals surface area contributed by atoms with Gasteiger partial charge in [-0.05, 0) is 58.6 Å². The molecule has 8 nitrogen and oxygen atoms in total. The van der Waals surface area contributed by atoms with Gasteiger partial charge in [0, 0.05) is 12.1 Å². The van der Waals surface area contributed by atoms with E-state index < -0.39 is 36.3 Å².